The van der Waals surface area contributed by atoms with E-state index in [9.17, 15) is 0 Å². The first-order valence-corrected chi connectivity index (χ1v) is 9.47. The molecule has 1 aliphatic carbocycles. The molecule has 27 heavy (non-hydrogen) atoms. The Morgan fingerprint density at radius 2 is 2.00 bits per heavy atom. The first-order chi connectivity index (χ1) is 13.2. The second kappa shape index (κ2) is 6.68. The first-order valence-electron chi connectivity index (χ1n) is 9.47. The highest BCUT2D eigenvalue weighted by atomic mass is 16.5. The zero-order valence-electron chi connectivity index (χ0n) is 16.5. The Balaban J connectivity index is 0.000000872. The fourth-order valence-corrected chi connectivity index (χ4v) is 3.90. The molecule has 6 nitrogen and oxygen atoms in total. The molecule has 5 rings (SSSR count). The van der Waals surface area contributed by atoms with Gasteiger partial charge < -0.3 is 9.14 Å². The number of imidazole rings is 1. The summed E-state index contributed by atoms with van der Waals surface area (Å²) >= 11 is 0. The molecule has 0 aliphatic heterocycles. The van der Waals surface area contributed by atoms with Gasteiger partial charge in [0.15, 0.2) is 0 Å². The molecule has 4 aromatic rings. The summed E-state index contributed by atoms with van der Waals surface area (Å²) in [6.07, 6.45) is 4.96. The molecule has 0 bridgehead atoms. The zero-order valence-corrected chi connectivity index (χ0v) is 16.5. The van der Waals surface area contributed by atoms with Crippen molar-refractivity contribution in [3.05, 3.63) is 53.7 Å². The third-order valence-electron chi connectivity index (χ3n) is 5.24. The van der Waals surface area contributed by atoms with Crippen molar-refractivity contribution in [2.75, 3.05) is 7.11 Å². The highest BCUT2D eigenvalue weighted by molar-refractivity contribution is 5.78. The van der Waals surface area contributed by atoms with E-state index in [1.54, 1.807) is 7.11 Å². The molecule has 0 saturated heterocycles. The topological polar surface area (TPSA) is 57.2 Å². The predicted molar refractivity (Wildman–Crippen MR) is 106 cm³/mol. The predicted octanol–water partition coefficient (Wildman–Crippen LogP) is 4.23. The summed E-state index contributed by atoms with van der Waals surface area (Å²) in [4.78, 5) is 9.44. The molecule has 0 N–H and O–H groups in total. The van der Waals surface area contributed by atoms with E-state index < -0.39 is 0 Å². The monoisotopic (exact) mass is 363 g/mol. The van der Waals surface area contributed by atoms with Crippen LogP contribution in [0.15, 0.2) is 36.7 Å². The Hall–Kier alpha value is -2.89. The number of fused-ring (bicyclic) bond motifs is 2. The van der Waals surface area contributed by atoms with E-state index in [0.717, 1.165) is 28.9 Å². The minimum Gasteiger partial charge on any atom is -0.497 e. The van der Waals surface area contributed by atoms with Crippen molar-refractivity contribution < 1.29 is 4.74 Å². The molecular formula is C21H25N5O. The van der Waals surface area contributed by atoms with Crippen LogP contribution in [0.25, 0.3) is 16.7 Å². The van der Waals surface area contributed by atoms with Crippen LogP contribution in [0.2, 0.25) is 0 Å². The van der Waals surface area contributed by atoms with Gasteiger partial charge in [-0.1, -0.05) is 13.8 Å². The molecular weight excluding hydrogens is 338 g/mol. The number of methoxy groups -OCH3 is 1. The van der Waals surface area contributed by atoms with E-state index in [0.29, 0.717) is 11.8 Å². The fourth-order valence-electron chi connectivity index (χ4n) is 3.90. The Morgan fingerprint density at radius 3 is 2.78 bits per heavy atom. The van der Waals surface area contributed by atoms with Crippen LogP contribution in [0.5, 0.6) is 5.75 Å². The highest BCUT2D eigenvalue weighted by Gasteiger charge is 2.45. The van der Waals surface area contributed by atoms with Crippen LogP contribution in [0, 0.1) is 6.92 Å². The van der Waals surface area contributed by atoms with Crippen LogP contribution < -0.4 is 4.74 Å². The number of nitrogens with zero attached hydrogens (tertiary/aromatic N) is 5. The Kier molecular flexibility index (Phi) is 4.34. The molecule has 0 amide bonds. The number of aryl methyl sites for hydroxylation is 2. The van der Waals surface area contributed by atoms with Crippen molar-refractivity contribution in [3.8, 4) is 5.75 Å². The summed E-state index contributed by atoms with van der Waals surface area (Å²) in [6.45, 7) is 6.14. The SMILES string of the molecule is CC.COc1ccn2c(C)c(C3CC3c3c4ncccc4nn3C)nc2c1. The number of hydrogen-bond acceptors (Lipinski definition) is 4. The Bertz CT molecular complexity index is 1110. The van der Waals surface area contributed by atoms with Crippen molar-refractivity contribution in [1.29, 1.82) is 0 Å². The maximum absolute atomic E-state index is 5.32. The number of ether oxygens (including phenoxy) is 1. The summed E-state index contributed by atoms with van der Waals surface area (Å²) < 4.78 is 9.43. The Morgan fingerprint density at radius 1 is 1.19 bits per heavy atom. The van der Waals surface area contributed by atoms with Crippen molar-refractivity contribution in [1.82, 2.24) is 24.1 Å². The van der Waals surface area contributed by atoms with Gasteiger partial charge in [-0.15, -0.1) is 0 Å². The minimum absolute atomic E-state index is 0.423. The minimum atomic E-state index is 0.423. The lowest BCUT2D eigenvalue weighted by Gasteiger charge is -2.02. The largest absolute Gasteiger partial charge is 0.497 e. The Labute approximate surface area is 158 Å². The molecule has 1 aliphatic rings. The lowest BCUT2D eigenvalue weighted by atomic mass is 10.1. The lowest BCUT2D eigenvalue weighted by molar-refractivity contribution is 0.414. The fraction of sp³-hybridized carbons (Fsp3) is 0.381. The molecule has 4 aromatic heterocycles. The molecule has 6 heteroatoms. The summed E-state index contributed by atoms with van der Waals surface area (Å²) in [5.74, 6) is 1.68. The van der Waals surface area contributed by atoms with Crippen molar-refractivity contribution in [3.63, 3.8) is 0 Å². The van der Waals surface area contributed by atoms with Crippen molar-refractivity contribution in [2.24, 2.45) is 7.05 Å². The molecule has 4 heterocycles. The van der Waals surface area contributed by atoms with E-state index in [-0.39, 0.29) is 0 Å². The van der Waals surface area contributed by atoms with E-state index in [4.69, 9.17) is 9.72 Å². The standard InChI is InChI=1S/C19H19N5O.C2H6/c1-11-17(21-16-9-12(25-3)6-8-24(11)16)13-10-14(13)19-18-15(22-23(19)2)5-4-7-20-18;1-2/h4-9,13-14H,10H2,1-3H3;1-2H3. The molecule has 2 atom stereocenters. The van der Waals surface area contributed by atoms with Crippen LogP contribution in [-0.4, -0.2) is 31.3 Å². The third kappa shape index (κ3) is 2.76. The lowest BCUT2D eigenvalue weighted by Crippen LogP contribution is -1.98. The van der Waals surface area contributed by atoms with Gasteiger partial charge in [0, 0.05) is 43.0 Å². The number of rotatable bonds is 3. The maximum atomic E-state index is 5.32. The molecule has 1 saturated carbocycles. The quantitative estimate of drug-likeness (QED) is 0.546. The van der Waals surface area contributed by atoms with E-state index in [1.807, 2.05) is 62.2 Å². The molecule has 0 aromatic carbocycles. The second-order valence-electron chi connectivity index (χ2n) is 6.71. The molecule has 0 spiro atoms. The summed E-state index contributed by atoms with van der Waals surface area (Å²) in [5, 5.41) is 4.60. The number of pyridine rings is 2. The molecule has 140 valence electrons. The average Bonchev–Trinajstić information content (AvgIpc) is 3.30. The average molecular weight is 363 g/mol. The van der Waals surface area contributed by atoms with E-state index >= 15 is 0 Å². The van der Waals surface area contributed by atoms with Gasteiger partial charge >= 0.3 is 0 Å². The smallest absolute Gasteiger partial charge is 0.140 e. The van der Waals surface area contributed by atoms with Gasteiger partial charge in [0.25, 0.3) is 0 Å². The van der Waals surface area contributed by atoms with Crippen LogP contribution >= 0.6 is 0 Å². The van der Waals surface area contributed by atoms with Gasteiger partial charge in [-0.2, -0.15) is 5.10 Å². The van der Waals surface area contributed by atoms with E-state index in [2.05, 4.69) is 21.4 Å². The van der Waals surface area contributed by atoms with Crippen LogP contribution in [0.1, 0.15) is 49.2 Å². The van der Waals surface area contributed by atoms with Gasteiger partial charge in [0.05, 0.1) is 18.5 Å². The summed E-state index contributed by atoms with van der Waals surface area (Å²) in [7, 11) is 3.69. The van der Waals surface area contributed by atoms with Gasteiger partial charge in [-0.05, 0) is 31.5 Å². The normalized spacial score (nSPS) is 18.4. The summed E-state index contributed by atoms with van der Waals surface area (Å²) in [6, 6.07) is 7.90. The van der Waals surface area contributed by atoms with Gasteiger partial charge in [-0.3, -0.25) is 9.67 Å². The highest BCUT2D eigenvalue weighted by Crippen LogP contribution is 2.56. The van der Waals surface area contributed by atoms with Gasteiger partial charge in [0.2, 0.25) is 0 Å². The summed E-state index contributed by atoms with van der Waals surface area (Å²) in [5.41, 5.74) is 6.50. The van der Waals surface area contributed by atoms with Crippen LogP contribution in [0.4, 0.5) is 0 Å². The van der Waals surface area contributed by atoms with Gasteiger partial charge in [0.1, 0.15) is 22.4 Å². The van der Waals surface area contributed by atoms with E-state index in [1.165, 1.54) is 17.1 Å². The second-order valence-corrected chi connectivity index (χ2v) is 6.71. The molecule has 0 radical (unpaired) electrons. The van der Waals surface area contributed by atoms with Crippen LogP contribution in [0.3, 0.4) is 0 Å². The van der Waals surface area contributed by atoms with Crippen molar-refractivity contribution >= 4 is 16.7 Å². The maximum Gasteiger partial charge on any atom is 0.140 e. The molecule has 1 fully saturated rings. The molecule has 2 unspecified atom stereocenters. The zero-order chi connectivity index (χ0) is 19.1. The van der Waals surface area contributed by atoms with Crippen molar-refractivity contribution in [2.45, 2.75) is 39.0 Å². The first kappa shape index (κ1) is 17.5. The third-order valence-corrected chi connectivity index (χ3v) is 5.24. The van der Waals surface area contributed by atoms with Gasteiger partial charge in [-0.25, -0.2) is 4.98 Å². The van der Waals surface area contributed by atoms with Crippen LogP contribution in [-0.2, 0) is 7.05 Å². The number of hydrogen-bond donors (Lipinski definition) is 0. The number of aromatic nitrogens is 5.